The molecule has 0 radical (unpaired) electrons. The Morgan fingerprint density at radius 1 is 1.06 bits per heavy atom. The maximum absolute atomic E-state index is 13.2. The number of rotatable bonds is 9. The van der Waals surface area contributed by atoms with E-state index in [0.717, 1.165) is 54.4 Å². The Morgan fingerprint density at radius 3 is 2.57 bits per heavy atom. The van der Waals surface area contributed by atoms with Gasteiger partial charge in [0.2, 0.25) is 0 Å². The summed E-state index contributed by atoms with van der Waals surface area (Å²) in [4.78, 5) is 18.9. The lowest BCUT2D eigenvalue weighted by atomic mass is 9.95. The van der Waals surface area contributed by atoms with Crippen LogP contribution in [-0.2, 0) is 13.0 Å². The van der Waals surface area contributed by atoms with E-state index in [2.05, 4.69) is 62.1 Å². The molecule has 1 atom stereocenters. The molecule has 2 aliphatic rings. The van der Waals surface area contributed by atoms with E-state index in [0.29, 0.717) is 18.6 Å². The van der Waals surface area contributed by atoms with Crippen LogP contribution in [0.15, 0.2) is 29.1 Å². The number of aromatic amines is 1. The van der Waals surface area contributed by atoms with Crippen LogP contribution >= 0.6 is 0 Å². The highest BCUT2D eigenvalue weighted by Gasteiger charge is 2.34. The minimum Gasteiger partial charge on any atom is -0.322 e. The molecule has 2 saturated carbocycles. The molecule has 2 aromatic heterocycles. The first-order valence-electron chi connectivity index (χ1n) is 13.9. The fourth-order valence-corrected chi connectivity index (χ4v) is 6.29. The van der Waals surface area contributed by atoms with Crippen molar-refractivity contribution in [1.82, 2.24) is 30.1 Å². The summed E-state index contributed by atoms with van der Waals surface area (Å²) in [5.41, 5.74) is 3.07. The van der Waals surface area contributed by atoms with Crippen molar-refractivity contribution in [1.29, 1.82) is 0 Å². The minimum absolute atomic E-state index is 0.0202. The van der Waals surface area contributed by atoms with E-state index < -0.39 is 0 Å². The predicted molar refractivity (Wildman–Crippen MR) is 139 cm³/mol. The molecule has 7 nitrogen and oxygen atoms in total. The van der Waals surface area contributed by atoms with Crippen LogP contribution in [0.5, 0.6) is 0 Å². The highest BCUT2D eigenvalue weighted by molar-refractivity contribution is 5.79. The van der Waals surface area contributed by atoms with E-state index >= 15 is 0 Å². The monoisotopic (exact) mass is 476 g/mol. The number of hydrogen-bond acceptors (Lipinski definition) is 5. The Hall–Kier alpha value is -2.54. The van der Waals surface area contributed by atoms with Gasteiger partial charge in [-0.1, -0.05) is 58.4 Å². The van der Waals surface area contributed by atoms with E-state index in [1.807, 2.05) is 6.07 Å². The fourth-order valence-electron chi connectivity index (χ4n) is 6.29. The molecule has 0 saturated heterocycles. The van der Waals surface area contributed by atoms with Crippen LogP contribution < -0.4 is 5.56 Å². The molecular weight excluding hydrogens is 436 g/mol. The summed E-state index contributed by atoms with van der Waals surface area (Å²) >= 11 is 0. The number of tetrazole rings is 1. The highest BCUT2D eigenvalue weighted by Crippen LogP contribution is 2.36. The van der Waals surface area contributed by atoms with Gasteiger partial charge in [0.1, 0.15) is 0 Å². The molecule has 2 heterocycles. The second kappa shape index (κ2) is 11.0. The molecule has 188 valence electrons. The summed E-state index contributed by atoms with van der Waals surface area (Å²) in [7, 11) is 0. The van der Waals surface area contributed by atoms with E-state index in [4.69, 9.17) is 0 Å². The molecule has 35 heavy (non-hydrogen) atoms. The van der Waals surface area contributed by atoms with Gasteiger partial charge in [0.05, 0.1) is 12.1 Å². The third-order valence-corrected chi connectivity index (χ3v) is 8.24. The van der Waals surface area contributed by atoms with Gasteiger partial charge in [-0.2, -0.15) is 0 Å². The van der Waals surface area contributed by atoms with Gasteiger partial charge in [-0.15, -0.1) is 5.10 Å². The number of nitrogens with one attached hydrogen (secondary N) is 1. The third-order valence-electron chi connectivity index (χ3n) is 8.24. The summed E-state index contributed by atoms with van der Waals surface area (Å²) in [5.74, 6) is 0.996. The Kier molecular flexibility index (Phi) is 7.61. The summed E-state index contributed by atoms with van der Waals surface area (Å²) < 4.78 is 2.14. The molecule has 0 spiro atoms. The number of H-pyrrole nitrogens is 1. The van der Waals surface area contributed by atoms with Crippen molar-refractivity contribution >= 4 is 10.9 Å². The zero-order valence-electron chi connectivity index (χ0n) is 21.4. The standard InChI is InChI=1S/C28H40N6O/c1-3-10-26(27-30-31-32-34(27)24-13-6-5-7-14-24)33(23-11-8-9-12-23)19-22-18-21-17-20(4-2)15-16-25(21)29-28(22)35/h15-18,23-24,26H,3-14,19H2,1-2H3,(H,29,35)/t26-/m0/s1. The van der Waals surface area contributed by atoms with Gasteiger partial charge in [-0.25, -0.2) is 4.68 Å². The molecule has 0 unspecified atom stereocenters. The third kappa shape index (κ3) is 5.20. The summed E-state index contributed by atoms with van der Waals surface area (Å²) in [5, 5.41) is 14.4. The van der Waals surface area contributed by atoms with Gasteiger partial charge in [0, 0.05) is 23.7 Å². The van der Waals surface area contributed by atoms with Gasteiger partial charge in [0.15, 0.2) is 5.82 Å². The zero-order valence-corrected chi connectivity index (χ0v) is 21.4. The number of fused-ring (bicyclic) bond motifs is 1. The molecule has 3 aromatic rings. The van der Waals surface area contributed by atoms with Crippen LogP contribution in [0.2, 0.25) is 0 Å². The van der Waals surface area contributed by atoms with Crippen LogP contribution in [0, 0.1) is 0 Å². The first kappa shape index (κ1) is 24.2. The van der Waals surface area contributed by atoms with Gasteiger partial charge in [-0.3, -0.25) is 9.69 Å². The lowest BCUT2D eigenvalue weighted by molar-refractivity contribution is 0.105. The van der Waals surface area contributed by atoms with Crippen LogP contribution in [0.3, 0.4) is 0 Å². The number of aromatic nitrogens is 5. The second-order valence-corrected chi connectivity index (χ2v) is 10.6. The molecule has 7 heteroatoms. The molecule has 5 rings (SSSR count). The average Bonchev–Trinajstić information content (AvgIpc) is 3.59. The predicted octanol–water partition coefficient (Wildman–Crippen LogP) is 5.87. The summed E-state index contributed by atoms with van der Waals surface area (Å²) in [6.45, 7) is 5.04. The van der Waals surface area contributed by atoms with Gasteiger partial charge >= 0.3 is 0 Å². The average molecular weight is 477 g/mol. The quantitative estimate of drug-likeness (QED) is 0.418. The van der Waals surface area contributed by atoms with Crippen molar-refractivity contribution < 1.29 is 0 Å². The van der Waals surface area contributed by atoms with E-state index in [1.165, 1.54) is 50.5 Å². The Bertz CT molecular complexity index is 1170. The van der Waals surface area contributed by atoms with Gasteiger partial charge < -0.3 is 4.98 Å². The molecule has 0 amide bonds. The lowest BCUT2D eigenvalue weighted by Crippen LogP contribution is -2.39. The first-order valence-corrected chi connectivity index (χ1v) is 13.9. The van der Waals surface area contributed by atoms with Crippen molar-refractivity contribution in [3.8, 4) is 0 Å². The van der Waals surface area contributed by atoms with Crippen molar-refractivity contribution in [2.75, 3.05) is 0 Å². The smallest absolute Gasteiger partial charge is 0.252 e. The second-order valence-electron chi connectivity index (χ2n) is 10.6. The first-order chi connectivity index (χ1) is 17.2. The molecule has 2 fully saturated rings. The molecule has 0 aliphatic heterocycles. The molecule has 0 bridgehead atoms. The number of benzene rings is 1. The maximum Gasteiger partial charge on any atom is 0.252 e. The number of nitrogens with zero attached hydrogens (tertiary/aromatic N) is 5. The Labute approximate surface area is 208 Å². The lowest BCUT2D eigenvalue weighted by Gasteiger charge is -2.36. The van der Waals surface area contributed by atoms with E-state index in [1.54, 1.807) is 0 Å². The van der Waals surface area contributed by atoms with Crippen LogP contribution in [0.1, 0.15) is 114 Å². The topological polar surface area (TPSA) is 79.7 Å². The minimum atomic E-state index is 0.0202. The van der Waals surface area contributed by atoms with Crippen molar-refractivity contribution in [2.45, 2.75) is 116 Å². The Balaban J connectivity index is 1.52. The van der Waals surface area contributed by atoms with Gasteiger partial charge in [0.25, 0.3) is 5.56 Å². The summed E-state index contributed by atoms with van der Waals surface area (Å²) in [6, 6.07) is 9.44. The maximum atomic E-state index is 13.2. The SMILES string of the molecule is CCC[C@@H](c1nnnn1C1CCCCC1)N(Cc1cc2cc(CC)ccc2[nH]c1=O)C1CCCC1. The molecule has 1 aromatic carbocycles. The highest BCUT2D eigenvalue weighted by atomic mass is 16.1. The summed E-state index contributed by atoms with van der Waals surface area (Å²) in [6.07, 6.45) is 14.0. The van der Waals surface area contributed by atoms with Crippen molar-refractivity contribution in [3.63, 3.8) is 0 Å². The van der Waals surface area contributed by atoms with Crippen LogP contribution in [-0.4, -0.2) is 36.1 Å². The molecular formula is C28H40N6O. The van der Waals surface area contributed by atoms with Crippen molar-refractivity contribution in [2.24, 2.45) is 0 Å². The zero-order chi connectivity index (χ0) is 24.2. The number of hydrogen-bond donors (Lipinski definition) is 1. The number of aryl methyl sites for hydroxylation is 1. The number of pyridine rings is 1. The Morgan fingerprint density at radius 2 is 1.83 bits per heavy atom. The normalized spacial score (nSPS) is 18.6. The largest absolute Gasteiger partial charge is 0.322 e. The fraction of sp³-hybridized carbons (Fsp3) is 0.643. The van der Waals surface area contributed by atoms with Gasteiger partial charge in [-0.05, 0) is 78.1 Å². The molecule has 2 aliphatic carbocycles. The van der Waals surface area contributed by atoms with Crippen molar-refractivity contribution in [3.05, 3.63) is 51.6 Å². The van der Waals surface area contributed by atoms with Crippen LogP contribution in [0.25, 0.3) is 10.9 Å². The molecule has 1 N–H and O–H groups in total. The van der Waals surface area contributed by atoms with E-state index in [-0.39, 0.29) is 11.6 Å². The van der Waals surface area contributed by atoms with Crippen LogP contribution in [0.4, 0.5) is 0 Å². The van der Waals surface area contributed by atoms with E-state index in [9.17, 15) is 4.79 Å².